The Hall–Kier alpha value is -3.10. The van der Waals surface area contributed by atoms with Crippen LogP contribution < -0.4 is 5.32 Å². The van der Waals surface area contributed by atoms with Gasteiger partial charge in [-0.05, 0) is 35.0 Å². The maximum absolute atomic E-state index is 13.0. The molecule has 0 saturated carbocycles. The average molecular weight is 478 g/mol. The van der Waals surface area contributed by atoms with Crippen molar-refractivity contribution < 1.29 is 4.79 Å². The molecule has 2 aromatic heterocycles. The van der Waals surface area contributed by atoms with Crippen LogP contribution >= 0.6 is 27.3 Å². The number of fused-ring (bicyclic) bond motifs is 2. The second kappa shape index (κ2) is 7.62. The number of rotatable bonds is 4. The van der Waals surface area contributed by atoms with E-state index in [-0.39, 0.29) is 5.91 Å². The highest BCUT2D eigenvalue weighted by molar-refractivity contribution is 9.10. The zero-order chi connectivity index (χ0) is 20.7. The van der Waals surface area contributed by atoms with Crippen molar-refractivity contribution in [3.8, 4) is 10.6 Å². The van der Waals surface area contributed by atoms with Crippen molar-refractivity contribution in [1.82, 2.24) is 19.8 Å². The topological polar surface area (TPSA) is 72.2 Å². The third-order valence-electron chi connectivity index (χ3n) is 4.85. The molecule has 6 nitrogen and oxygen atoms in total. The van der Waals surface area contributed by atoms with Crippen LogP contribution in [0.15, 0.2) is 65.1 Å². The second-order valence-electron chi connectivity index (χ2n) is 6.75. The van der Waals surface area contributed by atoms with Crippen LogP contribution in [0.1, 0.15) is 23.1 Å². The number of carbonyl (C=O) groups excluding carboxylic acids is 1. The molecule has 0 saturated heterocycles. The molecule has 0 spiro atoms. The van der Waals surface area contributed by atoms with E-state index in [0.717, 1.165) is 43.0 Å². The monoisotopic (exact) mass is 477 g/mol. The lowest BCUT2D eigenvalue weighted by Crippen LogP contribution is -2.12. The molecule has 1 N–H and O–H groups in total. The molecule has 5 aromatic rings. The van der Waals surface area contributed by atoms with Crippen LogP contribution in [0.2, 0.25) is 0 Å². The normalized spacial score (nSPS) is 11.3. The van der Waals surface area contributed by atoms with Crippen molar-refractivity contribution in [2.45, 2.75) is 13.3 Å². The van der Waals surface area contributed by atoms with Gasteiger partial charge in [0.25, 0.3) is 5.91 Å². The Labute approximate surface area is 184 Å². The lowest BCUT2D eigenvalue weighted by Gasteiger charge is -2.10. The minimum atomic E-state index is -0.151. The van der Waals surface area contributed by atoms with E-state index < -0.39 is 0 Å². The van der Waals surface area contributed by atoms with E-state index in [0.29, 0.717) is 11.3 Å². The summed E-state index contributed by atoms with van der Waals surface area (Å²) in [7, 11) is 0. The Morgan fingerprint density at radius 3 is 2.73 bits per heavy atom. The van der Waals surface area contributed by atoms with Crippen LogP contribution in [0.4, 0.5) is 5.69 Å². The number of amides is 1. The van der Waals surface area contributed by atoms with Crippen LogP contribution in [-0.4, -0.2) is 25.7 Å². The first kappa shape index (κ1) is 18.9. The molecule has 3 aromatic carbocycles. The van der Waals surface area contributed by atoms with Crippen molar-refractivity contribution in [1.29, 1.82) is 0 Å². The van der Waals surface area contributed by atoms with E-state index in [2.05, 4.69) is 36.5 Å². The van der Waals surface area contributed by atoms with E-state index in [9.17, 15) is 4.79 Å². The number of hydrogen-bond acceptors (Lipinski definition) is 5. The molecular formula is C22H16BrN5OS. The molecular weight excluding hydrogens is 462 g/mol. The number of anilines is 1. The zero-order valence-corrected chi connectivity index (χ0v) is 18.4. The fourth-order valence-electron chi connectivity index (χ4n) is 3.39. The third kappa shape index (κ3) is 3.28. The molecule has 0 atom stereocenters. The summed E-state index contributed by atoms with van der Waals surface area (Å²) in [6, 6.07) is 19.3. The first-order valence-corrected chi connectivity index (χ1v) is 11.0. The summed E-state index contributed by atoms with van der Waals surface area (Å²) in [6.45, 7) is 2.03. The maximum Gasteiger partial charge on any atom is 0.256 e. The predicted octanol–water partition coefficient (Wildman–Crippen LogP) is 5.58. The van der Waals surface area contributed by atoms with Gasteiger partial charge >= 0.3 is 0 Å². The summed E-state index contributed by atoms with van der Waals surface area (Å²) in [5.74, 6) is 0.682. The van der Waals surface area contributed by atoms with Gasteiger partial charge in [-0.2, -0.15) is 9.61 Å². The molecule has 0 aliphatic carbocycles. The van der Waals surface area contributed by atoms with Crippen molar-refractivity contribution >= 4 is 54.6 Å². The van der Waals surface area contributed by atoms with Crippen molar-refractivity contribution in [3.63, 3.8) is 0 Å². The molecule has 0 bridgehead atoms. The Balaban J connectivity index is 1.47. The van der Waals surface area contributed by atoms with Gasteiger partial charge in [-0.1, -0.05) is 70.6 Å². The first-order valence-electron chi connectivity index (χ1n) is 9.44. The van der Waals surface area contributed by atoms with Gasteiger partial charge in [-0.15, -0.1) is 10.2 Å². The number of aryl methyl sites for hydroxylation is 1. The number of hydrogen-bond donors (Lipinski definition) is 1. The summed E-state index contributed by atoms with van der Waals surface area (Å²) >= 11 is 5.03. The van der Waals surface area contributed by atoms with Crippen LogP contribution in [-0.2, 0) is 6.42 Å². The fraction of sp³-hybridized carbons (Fsp3) is 0.0909. The van der Waals surface area contributed by atoms with Crippen LogP contribution in [0, 0.1) is 0 Å². The quantitative estimate of drug-likeness (QED) is 0.366. The Bertz CT molecular complexity index is 1410. The van der Waals surface area contributed by atoms with E-state index in [1.165, 1.54) is 11.3 Å². The lowest BCUT2D eigenvalue weighted by molar-refractivity contribution is 0.102. The molecule has 1 amide bonds. The van der Waals surface area contributed by atoms with Gasteiger partial charge in [0.15, 0.2) is 5.82 Å². The van der Waals surface area contributed by atoms with Crippen LogP contribution in [0.25, 0.3) is 26.3 Å². The van der Waals surface area contributed by atoms with E-state index in [1.807, 2.05) is 67.6 Å². The van der Waals surface area contributed by atoms with Gasteiger partial charge in [-0.25, -0.2) is 0 Å². The molecule has 30 heavy (non-hydrogen) atoms. The minimum absolute atomic E-state index is 0.151. The first-order chi connectivity index (χ1) is 14.6. The summed E-state index contributed by atoms with van der Waals surface area (Å²) in [4.78, 5) is 13.8. The summed E-state index contributed by atoms with van der Waals surface area (Å²) in [5, 5.41) is 18.7. The maximum atomic E-state index is 13.0. The zero-order valence-electron chi connectivity index (χ0n) is 16.0. The van der Waals surface area contributed by atoms with Gasteiger partial charge in [0.05, 0.1) is 0 Å². The molecule has 2 heterocycles. The van der Waals surface area contributed by atoms with Crippen molar-refractivity contribution in [3.05, 3.63) is 76.5 Å². The Morgan fingerprint density at radius 1 is 1.07 bits per heavy atom. The molecule has 0 aliphatic heterocycles. The minimum Gasteiger partial charge on any atom is -0.322 e. The van der Waals surface area contributed by atoms with E-state index >= 15 is 0 Å². The van der Waals surface area contributed by atoms with Crippen molar-refractivity contribution in [2.24, 2.45) is 0 Å². The summed E-state index contributed by atoms with van der Waals surface area (Å²) in [6.07, 6.45) is 0.765. The Morgan fingerprint density at radius 2 is 1.87 bits per heavy atom. The predicted molar refractivity (Wildman–Crippen MR) is 123 cm³/mol. The Kier molecular flexibility index (Phi) is 4.80. The molecule has 0 radical (unpaired) electrons. The highest BCUT2D eigenvalue weighted by Gasteiger charge is 2.14. The van der Waals surface area contributed by atoms with Crippen LogP contribution in [0.5, 0.6) is 0 Å². The number of benzene rings is 3. The number of carbonyl (C=O) groups is 1. The number of nitrogens with one attached hydrogen (secondary N) is 1. The van der Waals surface area contributed by atoms with Gasteiger partial charge in [0, 0.05) is 27.7 Å². The molecule has 0 unspecified atom stereocenters. The number of nitrogens with zero attached hydrogens (tertiary/aromatic N) is 4. The molecule has 0 fully saturated rings. The van der Waals surface area contributed by atoms with Gasteiger partial charge in [0.2, 0.25) is 4.96 Å². The van der Waals surface area contributed by atoms with E-state index in [4.69, 9.17) is 0 Å². The van der Waals surface area contributed by atoms with Gasteiger partial charge in [0.1, 0.15) is 5.01 Å². The second-order valence-corrected chi connectivity index (χ2v) is 8.56. The van der Waals surface area contributed by atoms with Crippen molar-refractivity contribution in [2.75, 3.05) is 5.32 Å². The van der Waals surface area contributed by atoms with Crippen LogP contribution in [0.3, 0.4) is 0 Å². The molecule has 5 rings (SSSR count). The lowest BCUT2D eigenvalue weighted by atomic mass is 10.0. The molecule has 8 heteroatoms. The van der Waals surface area contributed by atoms with E-state index in [1.54, 1.807) is 4.52 Å². The summed E-state index contributed by atoms with van der Waals surface area (Å²) < 4.78 is 2.74. The van der Waals surface area contributed by atoms with Gasteiger partial charge < -0.3 is 5.32 Å². The highest BCUT2D eigenvalue weighted by atomic mass is 79.9. The average Bonchev–Trinajstić information content (AvgIpc) is 3.34. The number of aromatic nitrogens is 4. The number of halogens is 1. The molecule has 148 valence electrons. The largest absolute Gasteiger partial charge is 0.322 e. The highest BCUT2D eigenvalue weighted by Crippen LogP contribution is 2.29. The molecule has 0 aliphatic rings. The van der Waals surface area contributed by atoms with Gasteiger partial charge in [-0.3, -0.25) is 4.79 Å². The standard InChI is InChI=1S/C22H16BrN5OS/c1-2-19-25-26-22-28(19)27-21(30-22)13-6-3-7-14(12-13)24-20(29)17-10-4-9-16-15(17)8-5-11-18(16)23/h3-12H,2H2,1H3,(H,24,29). The fourth-order valence-corrected chi connectivity index (χ4v) is 4.75. The third-order valence-corrected chi connectivity index (χ3v) is 6.49. The SMILES string of the molecule is CCc1nnc2sc(-c3cccc(NC(=O)c4cccc5c(Br)cccc45)c3)nn12. The smallest absolute Gasteiger partial charge is 0.256 e. The summed E-state index contributed by atoms with van der Waals surface area (Å²) in [5.41, 5.74) is 2.27.